The Morgan fingerprint density at radius 2 is 1.96 bits per heavy atom. The van der Waals surface area contributed by atoms with Gasteiger partial charge in [0.25, 0.3) is 5.91 Å². The highest BCUT2D eigenvalue weighted by atomic mass is 16.5. The Bertz CT molecular complexity index is 694. The van der Waals surface area contributed by atoms with Crippen molar-refractivity contribution < 1.29 is 19.7 Å². The SMILES string of the molecule is COc1ccc(C(NC(=O)c2ccc(O)cc2)C2CC(O)C2)cn1. The van der Waals surface area contributed by atoms with Gasteiger partial charge in [0, 0.05) is 17.8 Å². The number of aromatic hydroxyl groups is 1. The number of phenolic OH excluding ortho intramolecular Hbond substituents is 1. The zero-order valence-corrected chi connectivity index (χ0v) is 13.3. The van der Waals surface area contributed by atoms with Crippen molar-refractivity contribution in [2.75, 3.05) is 7.11 Å². The van der Waals surface area contributed by atoms with Gasteiger partial charge in [-0.1, -0.05) is 6.07 Å². The number of pyridine rings is 1. The minimum Gasteiger partial charge on any atom is -0.508 e. The number of hydrogen-bond donors (Lipinski definition) is 3. The third-order valence-electron chi connectivity index (χ3n) is 4.36. The molecular formula is C18H20N2O4. The fourth-order valence-corrected chi connectivity index (χ4v) is 2.91. The first-order valence-corrected chi connectivity index (χ1v) is 7.84. The summed E-state index contributed by atoms with van der Waals surface area (Å²) < 4.78 is 5.07. The molecule has 6 nitrogen and oxygen atoms in total. The van der Waals surface area contributed by atoms with Crippen LogP contribution in [0.4, 0.5) is 0 Å². The summed E-state index contributed by atoms with van der Waals surface area (Å²) >= 11 is 0. The van der Waals surface area contributed by atoms with Crippen LogP contribution in [0.2, 0.25) is 0 Å². The highest BCUT2D eigenvalue weighted by Crippen LogP contribution is 2.38. The fraction of sp³-hybridized carbons (Fsp3) is 0.333. The number of amides is 1. The summed E-state index contributed by atoms with van der Waals surface area (Å²) in [6.45, 7) is 0. The number of nitrogens with one attached hydrogen (secondary N) is 1. The fourth-order valence-electron chi connectivity index (χ4n) is 2.91. The molecule has 0 saturated heterocycles. The molecule has 1 aromatic carbocycles. The first kappa shape index (κ1) is 16.3. The molecular weight excluding hydrogens is 308 g/mol. The maximum absolute atomic E-state index is 12.5. The minimum atomic E-state index is -0.311. The number of ether oxygens (including phenoxy) is 1. The minimum absolute atomic E-state index is 0.115. The van der Waals surface area contributed by atoms with Crippen LogP contribution in [0.25, 0.3) is 0 Å². The second kappa shape index (κ2) is 6.88. The highest BCUT2D eigenvalue weighted by molar-refractivity contribution is 5.94. The monoisotopic (exact) mass is 328 g/mol. The van der Waals surface area contributed by atoms with Gasteiger partial charge in [-0.2, -0.15) is 0 Å². The van der Waals surface area contributed by atoms with E-state index >= 15 is 0 Å². The van der Waals surface area contributed by atoms with Crippen molar-refractivity contribution in [2.24, 2.45) is 5.92 Å². The summed E-state index contributed by atoms with van der Waals surface area (Å²) in [6, 6.07) is 9.50. The standard InChI is InChI=1S/C18H20N2O4/c1-24-16-7-4-12(10-19-16)17(13-8-15(22)9-13)20-18(23)11-2-5-14(21)6-3-11/h2-7,10,13,15,17,21-22H,8-9H2,1H3,(H,20,23). The molecule has 3 N–H and O–H groups in total. The molecule has 6 heteroatoms. The Hall–Kier alpha value is -2.60. The van der Waals surface area contributed by atoms with Gasteiger partial charge in [0.1, 0.15) is 5.75 Å². The van der Waals surface area contributed by atoms with Gasteiger partial charge in [0.05, 0.1) is 19.3 Å². The molecule has 1 aliphatic rings. The molecule has 1 fully saturated rings. The van der Waals surface area contributed by atoms with Crippen molar-refractivity contribution in [3.63, 3.8) is 0 Å². The predicted octanol–water partition coefficient (Wildman–Crippen LogP) is 2.04. The number of phenols is 1. The molecule has 1 heterocycles. The number of carbonyl (C=O) groups is 1. The molecule has 0 bridgehead atoms. The Morgan fingerprint density at radius 3 is 2.50 bits per heavy atom. The van der Waals surface area contributed by atoms with E-state index in [1.807, 2.05) is 6.07 Å². The molecule has 1 unspecified atom stereocenters. The van der Waals surface area contributed by atoms with Crippen molar-refractivity contribution in [1.29, 1.82) is 0 Å². The largest absolute Gasteiger partial charge is 0.508 e. The quantitative estimate of drug-likeness (QED) is 0.781. The third kappa shape index (κ3) is 3.49. The summed E-state index contributed by atoms with van der Waals surface area (Å²) in [5, 5.41) is 22.0. The Kier molecular flexibility index (Phi) is 4.66. The lowest BCUT2D eigenvalue weighted by Gasteiger charge is -2.38. The summed E-state index contributed by atoms with van der Waals surface area (Å²) in [5.41, 5.74) is 1.35. The predicted molar refractivity (Wildman–Crippen MR) is 87.8 cm³/mol. The molecule has 1 aliphatic carbocycles. The van der Waals surface area contributed by atoms with E-state index in [0.29, 0.717) is 24.3 Å². The highest BCUT2D eigenvalue weighted by Gasteiger charge is 2.36. The average molecular weight is 328 g/mol. The van der Waals surface area contributed by atoms with E-state index in [9.17, 15) is 15.0 Å². The van der Waals surface area contributed by atoms with Crippen LogP contribution in [0.5, 0.6) is 11.6 Å². The zero-order chi connectivity index (χ0) is 17.1. The number of rotatable bonds is 5. The zero-order valence-electron chi connectivity index (χ0n) is 13.3. The smallest absolute Gasteiger partial charge is 0.251 e. The lowest BCUT2D eigenvalue weighted by atomic mass is 9.75. The van der Waals surface area contributed by atoms with E-state index in [4.69, 9.17) is 4.74 Å². The van der Waals surface area contributed by atoms with Gasteiger partial charge in [-0.3, -0.25) is 4.79 Å². The normalized spacial score (nSPS) is 20.8. The number of methoxy groups -OCH3 is 1. The van der Waals surface area contributed by atoms with E-state index in [1.54, 1.807) is 31.5 Å². The molecule has 0 radical (unpaired) electrons. The van der Waals surface area contributed by atoms with Gasteiger partial charge in [0.15, 0.2) is 0 Å². The van der Waals surface area contributed by atoms with Gasteiger partial charge < -0.3 is 20.3 Å². The number of hydrogen-bond acceptors (Lipinski definition) is 5. The third-order valence-corrected chi connectivity index (χ3v) is 4.36. The van der Waals surface area contributed by atoms with Crippen molar-refractivity contribution in [3.8, 4) is 11.6 Å². The van der Waals surface area contributed by atoms with Gasteiger partial charge in [-0.25, -0.2) is 4.98 Å². The maximum atomic E-state index is 12.5. The molecule has 0 spiro atoms. The van der Waals surface area contributed by atoms with Crippen molar-refractivity contribution in [1.82, 2.24) is 10.3 Å². The van der Waals surface area contributed by atoms with Gasteiger partial charge in [0.2, 0.25) is 5.88 Å². The first-order valence-electron chi connectivity index (χ1n) is 7.84. The van der Waals surface area contributed by atoms with E-state index in [1.165, 1.54) is 12.1 Å². The molecule has 3 rings (SSSR count). The van der Waals surface area contributed by atoms with Crippen LogP contribution < -0.4 is 10.1 Å². The van der Waals surface area contributed by atoms with Crippen LogP contribution in [0.1, 0.15) is 34.8 Å². The van der Waals surface area contributed by atoms with Gasteiger partial charge >= 0.3 is 0 Å². The Balaban J connectivity index is 1.79. The Morgan fingerprint density at radius 1 is 1.25 bits per heavy atom. The van der Waals surface area contributed by atoms with Crippen LogP contribution in [-0.4, -0.2) is 34.3 Å². The lowest BCUT2D eigenvalue weighted by Crippen LogP contribution is -2.41. The number of aliphatic hydroxyl groups excluding tert-OH is 1. The molecule has 1 saturated carbocycles. The maximum Gasteiger partial charge on any atom is 0.251 e. The summed E-state index contributed by atoms with van der Waals surface area (Å²) in [7, 11) is 1.55. The van der Waals surface area contributed by atoms with E-state index in [0.717, 1.165) is 5.56 Å². The van der Waals surface area contributed by atoms with Gasteiger partial charge in [-0.05, 0) is 48.6 Å². The van der Waals surface area contributed by atoms with E-state index in [-0.39, 0.29) is 29.7 Å². The van der Waals surface area contributed by atoms with Crippen LogP contribution in [0.15, 0.2) is 42.6 Å². The first-order chi connectivity index (χ1) is 11.6. The van der Waals surface area contributed by atoms with Crippen LogP contribution in [-0.2, 0) is 0 Å². The summed E-state index contributed by atoms with van der Waals surface area (Å²) in [4.78, 5) is 16.7. The van der Waals surface area contributed by atoms with Crippen molar-refractivity contribution >= 4 is 5.91 Å². The van der Waals surface area contributed by atoms with Crippen LogP contribution in [0.3, 0.4) is 0 Å². The molecule has 24 heavy (non-hydrogen) atoms. The molecule has 126 valence electrons. The summed E-state index contributed by atoms with van der Waals surface area (Å²) in [6.07, 6.45) is 2.67. The van der Waals surface area contributed by atoms with Gasteiger partial charge in [-0.15, -0.1) is 0 Å². The number of nitrogens with zero attached hydrogens (tertiary/aromatic N) is 1. The van der Waals surface area contributed by atoms with Crippen LogP contribution in [0, 0.1) is 5.92 Å². The summed E-state index contributed by atoms with van der Waals surface area (Å²) in [5.74, 6) is 0.564. The van der Waals surface area contributed by atoms with Crippen molar-refractivity contribution in [3.05, 3.63) is 53.7 Å². The number of aliphatic hydroxyl groups is 1. The Labute approximate surface area is 140 Å². The molecule has 0 aliphatic heterocycles. The number of benzene rings is 1. The molecule has 2 aromatic rings. The lowest BCUT2D eigenvalue weighted by molar-refractivity contribution is 0.0234. The molecule has 1 aromatic heterocycles. The second-order valence-corrected chi connectivity index (χ2v) is 6.02. The average Bonchev–Trinajstić information content (AvgIpc) is 2.58. The number of aromatic nitrogens is 1. The van der Waals surface area contributed by atoms with Crippen LogP contribution >= 0.6 is 0 Å². The van der Waals surface area contributed by atoms with Crippen molar-refractivity contribution in [2.45, 2.75) is 25.0 Å². The number of carbonyl (C=O) groups excluding carboxylic acids is 1. The van der Waals surface area contributed by atoms with E-state index < -0.39 is 0 Å². The topological polar surface area (TPSA) is 91.7 Å². The molecule has 1 atom stereocenters. The second-order valence-electron chi connectivity index (χ2n) is 6.02. The molecule has 1 amide bonds. The van der Waals surface area contributed by atoms with E-state index in [2.05, 4.69) is 10.3 Å².